The lowest BCUT2D eigenvalue weighted by atomic mass is 10.1. The van der Waals surface area contributed by atoms with Gasteiger partial charge in [0.2, 0.25) is 0 Å². The molecule has 6 nitrogen and oxygen atoms in total. The summed E-state index contributed by atoms with van der Waals surface area (Å²) in [7, 11) is 0. The molecule has 0 aromatic rings. The van der Waals surface area contributed by atoms with E-state index in [2.05, 4.69) is 43.5 Å². The molecule has 0 saturated carbocycles. The maximum absolute atomic E-state index is 8.06. The van der Waals surface area contributed by atoms with Gasteiger partial charge in [-0.05, 0) is 58.9 Å². The molecule has 0 radical (unpaired) electrons. The first-order valence-electron chi connectivity index (χ1n) is 7.44. The zero-order valence-electron chi connectivity index (χ0n) is 13.6. The van der Waals surface area contributed by atoms with Crippen molar-refractivity contribution in [3.05, 3.63) is 10.4 Å². The Labute approximate surface area is 133 Å². The van der Waals surface area contributed by atoms with Crippen molar-refractivity contribution in [2.75, 3.05) is 13.1 Å². The molecule has 0 aliphatic carbocycles. The van der Waals surface area contributed by atoms with E-state index in [1.54, 1.807) is 0 Å². The normalized spacial score (nSPS) is 28.8. The molecule has 0 aromatic carbocycles. The van der Waals surface area contributed by atoms with E-state index in [1.807, 2.05) is 0 Å². The molecule has 2 aliphatic rings. The topological polar surface area (TPSA) is 94.9 Å². The van der Waals surface area contributed by atoms with Gasteiger partial charge in [-0.15, -0.1) is 0 Å². The number of halogens is 1. The summed E-state index contributed by atoms with van der Waals surface area (Å²) in [6.45, 7) is 9.79. The van der Waals surface area contributed by atoms with E-state index in [-0.39, 0.29) is 29.7 Å². The Morgan fingerprint density at radius 3 is 1.86 bits per heavy atom. The van der Waals surface area contributed by atoms with E-state index in [0.717, 1.165) is 19.4 Å². The average molecular weight is 321 g/mol. The van der Waals surface area contributed by atoms with Gasteiger partial charge >= 0.3 is 0 Å². The van der Waals surface area contributed by atoms with Crippen molar-refractivity contribution in [2.45, 2.75) is 76.8 Å². The first-order chi connectivity index (χ1) is 9.28. The van der Waals surface area contributed by atoms with E-state index in [0.29, 0.717) is 12.6 Å². The first-order valence-corrected chi connectivity index (χ1v) is 7.44. The van der Waals surface area contributed by atoms with Gasteiger partial charge in [-0.1, -0.05) is 5.11 Å². The largest absolute Gasteiger partial charge is 1.00 e. The van der Waals surface area contributed by atoms with Crippen molar-refractivity contribution in [1.82, 2.24) is 0 Å². The highest BCUT2D eigenvalue weighted by Gasteiger charge is 2.31. The highest BCUT2D eigenvalue weighted by Crippen LogP contribution is 2.29. The Balaban J connectivity index is 0.000000370. The summed E-state index contributed by atoms with van der Waals surface area (Å²) in [6.07, 6.45) is 5.01. The van der Waals surface area contributed by atoms with Gasteiger partial charge in [0.05, 0.1) is 23.9 Å². The molecule has 124 valence electrons. The van der Waals surface area contributed by atoms with Crippen LogP contribution in [0.15, 0.2) is 5.11 Å². The summed E-state index contributed by atoms with van der Waals surface area (Å²) in [5.74, 6) is 0. The number of nitrogens with zero attached hydrogens (tertiary/aromatic N) is 3. The van der Waals surface area contributed by atoms with Crippen LogP contribution in [0.4, 0.5) is 0 Å². The van der Waals surface area contributed by atoms with E-state index in [4.69, 9.17) is 15.0 Å². The predicted molar refractivity (Wildman–Crippen MR) is 78.1 cm³/mol. The fraction of sp³-hybridized carbons (Fsp3) is 1.00. The van der Waals surface area contributed by atoms with Gasteiger partial charge in [0, 0.05) is 4.91 Å². The molecule has 2 rings (SSSR count). The second-order valence-corrected chi connectivity index (χ2v) is 6.78. The standard InChI is InChI=1S/C7H13N3O.C7H15NO.ClH/c1-7(2)4-3-6(11-7)5-9-10-8;1-7(2)4-3-6(5-8)9-7;/h6H,3-5H2,1-2H3;6H,3-5,8H2,1-2H3;1H/t2*6-;/m11./s1. The van der Waals surface area contributed by atoms with E-state index in [9.17, 15) is 0 Å². The van der Waals surface area contributed by atoms with Crippen LogP contribution in [0.5, 0.6) is 0 Å². The number of hydrogen-bond acceptors (Lipinski definition) is 3. The second kappa shape index (κ2) is 8.81. The minimum atomic E-state index is -0.0182. The molecule has 2 heterocycles. The fourth-order valence-electron chi connectivity index (χ4n) is 2.61. The summed E-state index contributed by atoms with van der Waals surface area (Å²) in [4.78, 5) is 2.69. The molecule has 2 fully saturated rings. The maximum atomic E-state index is 8.06. The van der Waals surface area contributed by atoms with Gasteiger partial charge in [-0.2, -0.15) is 0 Å². The summed E-state index contributed by atoms with van der Waals surface area (Å²) < 4.78 is 11.2. The molecular weight excluding hydrogens is 292 g/mol. The van der Waals surface area contributed by atoms with Gasteiger partial charge in [0.25, 0.3) is 0 Å². The highest BCUT2D eigenvalue weighted by molar-refractivity contribution is 4.82. The predicted octanol–water partition coefficient (Wildman–Crippen LogP) is -0.556. The van der Waals surface area contributed by atoms with Crippen LogP contribution in [-0.2, 0) is 9.47 Å². The van der Waals surface area contributed by atoms with Crippen LogP contribution in [-0.4, -0.2) is 36.5 Å². The molecule has 0 bridgehead atoms. The van der Waals surface area contributed by atoms with Crippen molar-refractivity contribution in [3.63, 3.8) is 0 Å². The number of quaternary nitrogens is 1. The number of rotatable bonds is 3. The smallest absolute Gasteiger partial charge is 0.107 e. The van der Waals surface area contributed by atoms with Crippen molar-refractivity contribution in [2.24, 2.45) is 5.11 Å². The van der Waals surface area contributed by atoms with Crippen molar-refractivity contribution in [3.8, 4) is 0 Å². The van der Waals surface area contributed by atoms with Gasteiger partial charge in [0.1, 0.15) is 12.6 Å². The molecule has 0 unspecified atom stereocenters. The third-order valence-electron chi connectivity index (χ3n) is 3.78. The van der Waals surface area contributed by atoms with Crippen molar-refractivity contribution in [1.29, 1.82) is 0 Å². The van der Waals surface area contributed by atoms with Crippen LogP contribution in [0.25, 0.3) is 10.4 Å². The SMILES string of the molecule is CC1(C)CC[C@H](CN=[N+]=[N-])O1.CC1(C)CC[C@H](C[NH3+])O1.[Cl-]. The molecule has 0 aromatic heterocycles. The average Bonchev–Trinajstić information content (AvgIpc) is 2.89. The van der Waals surface area contributed by atoms with E-state index >= 15 is 0 Å². The van der Waals surface area contributed by atoms with Crippen LogP contribution >= 0.6 is 0 Å². The molecule has 2 aliphatic heterocycles. The van der Waals surface area contributed by atoms with E-state index < -0.39 is 0 Å². The lowest BCUT2D eigenvalue weighted by Crippen LogP contribution is -3.00. The molecule has 0 spiro atoms. The molecule has 7 heteroatoms. The van der Waals surface area contributed by atoms with Crippen LogP contribution in [0.1, 0.15) is 53.4 Å². The van der Waals surface area contributed by atoms with Crippen molar-refractivity contribution < 1.29 is 27.6 Å². The monoisotopic (exact) mass is 320 g/mol. The number of hydrogen-bond donors (Lipinski definition) is 1. The van der Waals surface area contributed by atoms with Crippen LogP contribution in [0.3, 0.4) is 0 Å². The Kier molecular flexibility index (Phi) is 8.59. The quantitative estimate of drug-likeness (QED) is 0.429. The van der Waals surface area contributed by atoms with Crippen molar-refractivity contribution >= 4 is 0 Å². The number of azide groups is 1. The minimum absolute atomic E-state index is 0. The third kappa shape index (κ3) is 7.88. The Hall–Kier alpha value is -0.520. The van der Waals surface area contributed by atoms with Crippen LogP contribution in [0.2, 0.25) is 0 Å². The zero-order chi connectivity index (χ0) is 15.2. The summed E-state index contributed by atoms with van der Waals surface area (Å²) in [6, 6.07) is 0. The van der Waals surface area contributed by atoms with Gasteiger partial charge in [-0.3, -0.25) is 0 Å². The Bertz CT molecular complexity index is 357. The Morgan fingerprint density at radius 1 is 1.10 bits per heavy atom. The van der Waals surface area contributed by atoms with Crippen LogP contribution < -0.4 is 18.1 Å². The molecular formula is C14H29ClN4O2. The zero-order valence-corrected chi connectivity index (χ0v) is 14.4. The van der Waals surface area contributed by atoms with Gasteiger partial charge in [-0.25, -0.2) is 0 Å². The fourth-order valence-corrected chi connectivity index (χ4v) is 2.61. The molecule has 3 N–H and O–H groups in total. The van der Waals surface area contributed by atoms with Gasteiger partial charge in [0.15, 0.2) is 0 Å². The maximum Gasteiger partial charge on any atom is 0.107 e. The summed E-state index contributed by atoms with van der Waals surface area (Å²) in [5, 5.41) is 3.47. The Morgan fingerprint density at radius 2 is 1.57 bits per heavy atom. The summed E-state index contributed by atoms with van der Waals surface area (Å²) in [5.41, 5.74) is 12.0. The highest BCUT2D eigenvalue weighted by atomic mass is 35.5. The summed E-state index contributed by atoms with van der Waals surface area (Å²) >= 11 is 0. The molecule has 21 heavy (non-hydrogen) atoms. The number of ether oxygens (including phenoxy) is 2. The molecule has 2 atom stereocenters. The lowest BCUT2D eigenvalue weighted by Gasteiger charge is -2.17. The van der Waals surface area contributed by atoms with Crippen LogP contribution in [0, 0.1) is 0 Å². The molecule has 0 amide bonds. The lowest BCUT2D eigenvalue weighted by molar-refractivity contribution is -0.386. The second-order valence-electron chi connectivity index (χ2n) is 6.78. The minimum Gasteiger partial charge on any atom is -1.00 e. The van der Waals surface area contributed by atoms with E-state index in [1.165, 1.54) is 12.8 Å². The third-order valence-corrected chi connectivity index (χ3v) is 3.78. The van der Waals surface area contributed by atoms with Gasteiger partial charge < -0.3 is 27.6 Å². The molecule has 2 saturated heterocycles. The first kappa shape index (κ1) is 20.5.